The number of amides is 1. The van der Waals surface area contributed by atoms with E-state index in [-0.39, 0.29) is 18.2 Å². The first kappa shape index (κ1) is 14.3. The van der Waals surface area contributed by atoms with E-state index in [0.29, 0.717) is 22.7 Å². The highest BCUT2D eigenvalue weighted by Gasteiger charge is 2.08. The zero-order chi connectivity index (χ0) is 14.5. The molecule has 1 aromatic carbocycles. The monoisotopic (exact) mass is 290 g/mol. The van der Waals surface area contributed by atoms with Crippen LogP contribution in [-0.2, 0) is 11.3 Å². The fourth-order valence-corrected chi connectivity index (χ4v) is 2.03. The van der Waals surface area contributed by atoms with Crippen molar-refractivity contribution in [1.29, 1.82) is 0 Å². The maximum absolute atomic E-state index is 11.9. The lowest BCUT2D eigenvalue weighted by Gasteiger charge is -2.06. The predicted octanol–water partition coefficient (Wildman–Crippen LogP) is 3.37. The first-order valence-corrected chi connectivity index (χ1v) is 6.70. The summed E-state index contributed by atoms with van der Waals surface area (Å²) >= 11 is 5.85. The summed E-state index contributed by atoms with van der Waals surface area (Å²) in [6.07, 6.45) is 3.86. The van der Waals surface area contributed by atoms with E-state index in [2.05, 4.69) is 5.32 Å². The molecule has 0 saturated carbocycles. The van der Waals surface area contributed by atoms with Gasteiger partial charge in [0.15, 0.2) is 5.78 Å². The largest absolute Gasteiger partial charge is 0.344 e. The third-order valence-corrected chi connectivity index (χ3v) is 3.06. The van der Waals surface area contributed by atoms with Crippen LogP contribution in [0, 0.1) is 0 Å². The summed E-state index contributed by atoms with van der Waals surface area (Å²) in [5.41, 5.74) is 1.28. The van der Waals surface area contributed by atoms with Crippen LogP contribution in [0.25, 0.3) is 0 Å². The molecule has 0 aliphatic rings. The fourth-order valence-electron chi connectivity index (χ4n) is 1.84. The average Bonchev–Trinajstić information content (AvgIpc) is 2.86. The Balaban J connectivity index is 1.98. The van der Waals surface area contributed by atoms with Crippen LogP contribution < -0.4 is 5.32 Å². The number of hydrogen-bond donors (Lipinski definition) is 1. The van der Waals surface area contributed by atoms with Crippen molar-refractivity contribution in [2.75, 3.05) is 5.32 Å². The highest BCUT2D eigenvalue weighted by molar-refractivity contribution is 6.30. The van der Waals surface area contributed by atoms with Gasteiger partial charge in [-0.2, -0.15) is 0 Å². The molecule has 0 atom stereocenters. The van der Waals surface area contributed by atoms with E-state index in [4.69, 9.17) is 11.6 Å². The molecule has 1 amide bonds. The second kappa shape index (κ2) is 6.39. The molecule has 1 aromatic heterocycles. The van der Waals surface area contributed by atoms with E-state index >= 15 is 0 Å². The van der Waals surface area contributed by atoms with Crippen molar-refractivity contribution < 1.29 is 9.59 Å². The van der Waals surface area contributed by atoms with Crippen LogP contribution >= 0.6 is 11.6 Å². The summed E-state index contributed by atoms with van der Waals surface area (Å²) in [4.78, 5) is 23.4. The van der Waals surface area contributed by atoms with Gasteiger partial charge in [-0.15, -0.1) is 0 Å². The summed E-state index contributed by atoms with van der Waals surface area (Å²) in [7, 11) is 0. The molecule has 2 rings (SSSR count). The van der Waals surface area contributed by atoms with Crippen molar-refractivity contribution in [3.05, 3.63) is 53.3 Å². The standard InChI is InChI=1S/C15H15ClN2O2/c1-2-14(19)11-6-7-18(9-11)10-15(20)17-13-5-3-4-12(16)8-13/h3-9H,2,10H2,1H3,(H,17,20). The van der Waals surface area contributed by atoms with Gasteiger partial charge in [-0.25, -0.2) is 0 Å². The Bertz CT molecular complexity index is 634. The second-order valence-electron chi connectivity index (χ2n) is 4.41. The molecule has 0 radical (unpaired) electrons. The number of carbonyl (C=O) groups excluding carboxylic acids is 2. The van der Waals surface area contributed by atoms with E-state index in [1.807, 2.05) is 6.92 Å². The lowest BCUT2D eigenvalue weighted by atomic mass is 10.2. The van der Waals surface area contributed by atoms with Crippen LogP contribution in [0.3, 0.4) is 0 Å². The number of aromatic nitrogens is 1. The Hall–Kier alpha value is -2.07. The van der Waals surface area contributed by atoms with Crippen LogP contribution in [-0.4, -0.2) is 16.3 Å². The minimum atomic E-state index is -0.168. The van der Waals surface area contributed by atoms with Crippen molar-refractivity contribution in [2.24, 2.45) is 0 Å². The molecule has 0 aliphatic heterocycles. The molecule has 0 saturated heterocycles. The summed E-state index contributed by atoms with van der Waals surface area (Å²) in [6.45, 7) is 1.97. The molecule has 20 heavy (non-hydrogen) atoms. The van der Waals surface area contributed by atoms with Gasteiger partial charge >= 0.3 is 0 Å². The van der Waals surface area contributed by atoms with Crippen molar-refractivity contribution in [3.8, 4) is 0 Å². The van der Waals surface area contributed by atoms with Gasteiger partial charge in [0.05, 0.1) is 0 Å². The van der Waals surface area contributed by atoms with Gasteiger partial charge in [0.2, 0.25) is 5.91 Å². The highest BCUT2D eigenvalue weighted by atomic mass is 35.5. The average molecular weight is 291 g/mol. The quantitative estimate of drug-likeness (QED) is 0.858. The predicted molar refractivity (Wildman–Crippen MR) is 79.1 cm³/mol. The Morgan fingerprint density at radius 2 is 2.10 bits per heavy atom. The number of hydrogen-bond acceptors (Lipinski definition) is 2. The molecule has 0 spiro atoms. The van der Waals surface area contributed by atoms with Crippen LogP contribution in [0.4, 0.5) is 5.69 Å². The normalized spacial score (nSPS) is 10.3. The highest BCUT2D eigenvalue weighted by Crippen LogP contribution is 2.15. The van der Waals surface area contributed by atoms with Gasteiger partial charge in [-0.3, -0.25) is 9.59 Å². The van der Waals surface area contributed by atoms with Crippen molar-refractivity contribution in [1.82, 2.24) is 4.57 Å². The van der Waals surface area contributed by atoms with Gasteiger partial charge in [0.25, 0.3) is 0 Å². The van der Waals surface area contributed by atoms with Crippen molar-refractivity contribution in [2.45, 2.75) is 19.9 Å². The first-order valence-electron chi connectivity index (χ1n) is 6.33. The molecule has 0 aliphatic carbocycles. The lowest BCUT2D eigenvalue weighted by Crippen LogP contribution is -2.17. The van der Waals surface area contributed by atoms with Crippen LogP contribution in [0.1, 0.15) is 23.7 Å². The summed E-state index contributed by atoms with van der Waals surface area (Å²) in [5.74, 6) is -0.0997. The molecule has 4 nitrogen and oxygen atoms in total. The zero-order valence-corrected chi connectivity index (χ0v) is 11.9. The molecule has 104 valence electrons. The lowest BCUT2D eigenvalue weighted by molar-refractivity contribution is -0.116. The number of halogens is 1. The number of nitrogens with one attached hydrogen (secondary N) is 1. The Labute approximate surface area is 122 Å². The Kier molecular flexibility index (Phi) is 4.58. The fraction of sp³-hybridized carbons (Fsp3) is 0.200. The van der Waals surface area contributed by atoms with Gasteiger partial charge in [0.1, 0.15) is 6.54 Å². The third-order valence-electron chi connectivity index (χ3n) is 2.83. The van der Waals surface area contributed by atoms with E-state index in [9.17, 15) is 9.59 Å². The van der Waals surface area contributed by atoms with E-state index < -0.39 is 0 Å². The zero-order valence-electron chi connectivity index (χ0n) is 11.1. The molecule has 0 bridgehead atoms. The van der Waals surface area contributed by atoms with Gasteiger partial charge in [-0.05, 0) is 24.3 Å². The third kappa shape index (κ3) is 3.71. The van der Waals surface area contributed by atoms with Crippen molar-refractivity contribution in [3.63, 3.8) is 0 Å². The molecular formula is C15H15ClN2O2. The van der Waals surface area contributed by atoms with Gasteiger partial charge in [0, 0.05) is 35.1 Å². The number of carbonyl (C=O) groups is 2. The number of ketones is 1. The topological polar surface area (TPSA) is 51.1 Å². The minimum absolute atomic E-state index is 0.0685. The summed E-state index contributed by atoms with van der Waals surface area (Å²) in [5, 5.41) is 3.32. The Morgan fingerprint density at radius 1 is 1.30 bits per heavy atom. The first-order chi connectivity index (χ1) is 9.58. The SMILES string of the molecule is CCC(=O)c1ccn(CC(=O)Nc2cccc(Cl)c2)c1. The number of benzene rings is 1. The summed E-state index contributed by atoms with van der Waals surface area (Å²) in [6, 6.07) is 8.68. The van der Waals surface area contributed by atoms with Crippen LogP contribution in [0.5, 0.6) is 0 Å². The molecule has 0 unspecified atom stereocenters. The molecule has 0 fully saturated rings. The smallest absolute Gasteiger partial charge is 0.244 e. The number of Topliss-reactive ketones (excluding diaryl/α,β-unsaturated/α-hetero) is 1. The molecular weight excluding hydrogens is 276 g/mol. The number of rotatable bonds is 5. The van der Waals surface area contributed by atoms with E-state index in [1.54, 1.807) is 47.3 Å². The van der Waals surface area contributed by atoms with Crippen molar-refractivity contribution >= 4 is 29.0 Å². The number of nitrogens with zero attached hydrogens (tertiary/aromatic N) is 1. The second-order valence-corrected chi connectivity index (χ2v) is 4.84. The molecule has 5 heteroatoms. The molecule has 1 N–H and O–H groups in total. The maximum atomic E-state index is 11.9. The van der Waals surface area contributed by atoms with E-state index in [1.165, 1.54) is 0 Å². The minimum Gasteiger partial charge on any atom is -0.344 e. The van der Waals surface area contributed by atoms with Gasteiger partial charge < -0.3 is 9.88 Å². The Morgan fingerprint density at radius 3 is 2.80 bits per heavy atom. The van der Waals surface area contributed by atoms with Crippen LogP contribution in [0.2, 0.25) is 5.02 Å². The molecule has 1 heterocycles. The maximum Gasteiger partial charge on any atom is 0.244 e. The van der Waals surface area contributed by atoms with Crippen LogP contribution in [0.15, 0.2) is 42.7 Å². The summed E-state index contributed by atoms with van der Waals surface area (Å²) < 4.78 is 1.68. The molecule has 2 aromatic rings. The number of anilines is 1. The van der Waals surface area contributed by atoms with Gasteiger partial charge in [-0.1, -0.05) is 24.6 Å². The van der Waals surface area contributed by atoms with E-state index in [0.717, 1.165) is 0 Å².